The van der Waals surface area contributed by atoms with E-state index in [9.17, 15) is 9.59 Å². The lowest BCUT2D eigenvalue weighted by Crippen LogP contribution is -2.35. The van der Waals surface area contributed by atoms with Crippen molar-refractivity contribution in [1.29, 1.82) is 0 Å². The second-order valence-electron chi connectivity index (χ2n) is 6.61. The van der Waals surface area contributed by atoms with Crippen LogP contribution in [0.15, 0.2) is 30.3 Å². The highest BCUT2D eigenvalue weighted by Crippen LogP contribution is 2.30. The molecule has 6 heteroatoms. The number of carbonyl (C=O) groups is 2. The van der Waals surface area contributed by atoms with E-state index >= 15 is 0 Å². The number of hydrogen-bond donors (Lipinski definition) is 2. The fourth-order valence-electron chi connectivity index (χ4n) is 3.03. The van der Waals surface area contributed by atoms with Gasteiger partial charge < -0.3 is 10.6 Å². The van der Waals surface area contributed by atoms with Gasteiger partial charge in [-0.25, -0.2) is 0 Å². The van der Waals surface area contributed by atoms with E-state index in [-0.39, 0.29) is 24.3 Å². The molecule has 0 fully saturated rings. The Morgan fingerprint density at radius 1 is 1.42 bits per heavy atom. The van der Waals surface area contributed by atoms with Crippen LogP contribution in [-0.2, 0) is 18.3 Å². The molecule has 24 heavy (non-hydrogen) atoms. The number of nitrogens with zero attached hydrogens (tertiary/aromatic N) is 2. The molecule has 0 saturated carbocycles. The molecular formula is C18H22N4O2. The number of benzene rings is 1. The lowest BCUT2D eigenvalue weighted by Gasteiger charge is -2.26. The number of fused-ring (bicyclic) bond motifs is 1. The maximum absolute atomic E-state index is 12.6. The predicted octanol–water partition coefficient (Wildman–Crippen LogP) is 2.43. The highest BCUT2D eigenvalue weighted by molar-refractivity contribution is 5.97. The molecular weight excluding hydrogens is 304 g/mol. The van der Waals surface area contributed by atoms with Crippen LogP contribution in [0.5, 0.6) is 0 Å². The number of para-hydroxylation sites is 1. The SMILES string of the molecule is CC(C)Cc1cc(C(=O)N[C@@H]2CC(=O)Nc3ccccc32)n(C)n1. The third kappa shape index (κ3) is 3.32. The van der Waals surface area contributed by atoms with E-state index in [4.69, 9.17) is 0 Å². The smallest absolute Gasteiger partial charge is 0.270 e. The fraction of sp³-hybridized carbons (Fsp3) is 0.389. The van der Waals surface area contributed by atoms with Crippen molar-refractivity contribution in [1.82, 2.24) is 15.1 Å². The second-order valence-corrected chi connectivity index (χ2v) is 6.61. The first kappa shape index (κ1) is 16.2. The van der Waals surface area contributed by atoms with Crippen LogP contribution in [0.2, 0.25) is 0 Å². The summed E-state index contributed by atoms with van der Waals surface area (Å²) in [5.41, 5.74) is 3.09. The van der Waals surface area contributed by atoms with Crippen molar-refractivity contribution in [3.63, 3.8) is 0 Å². The molecule has 2 heterocycles. The molecule has 2 amide bonds. The van der Waals surface area contributed by atoms with Crippen molar-refractivity contribution >= 4 is 17.5 Å². The largest absolute Gasteiger partial charge is 0.343 e. The first-order valence-electron chi connectivity index (χ1n) is 8.16. The molecule has 1 atom stereocenters. The Balaban J connectivity index is 1.80. The molecule has 0 aliphatic carbocycles. The van der Waals surface area contributed by atoms with Crippen LogP contribution < -0.4 is 10.6 Å². The van der Waals surface area contributed by atoms with Gasteiger partial charge in [-0.1, -0.05) is 32.0 Å². The zero-order valence-electron chi connectivity index (χ0n) is 14.2. The zero-order chi connectivity index (χ0) is 17.3. The van der Waals surface area contributed by atoms with Crippen molar-refractivity contribution in [2.24, 2.45) is 13.0 Å². The topological polar surface area (TPSA) is 76.0 Å². The van der Waals surface area contributed by atoms with Crippen LogP contribution in [0.4, 0.5) is 5.69 Å². The van der Waals surface area contributed by atoms with Crippen LogP contribution in [0.3, 0.4) is 0 Å². The molecule has 6 nitrogen and oxygen atoms in total. The van der Waals surface area contributed by atoms with E-state index in [0.29, 0.717) is 11.6 Å². The molecule has 2 aromatic rings. The molecule has 0 bridgehead atoms. The number of aromatic nitrogens is 2. The van der Waals surface area contributed by atoms with E-state index in [1.165, 1.54) is 0 Å². The number of nitrogens with one attached hydrogen (secondary N) is 2. The van der Waals surface area contributed by atoms with Crippen LogP contribution in [0.25, 0.3) is 0 Å². The molecule has 0 spiro atoms. The molecule has 1 aliphatic rings. The van der Waals surface area contributed by atoms with Gasteiger partial charge in [-0.05, 0) is 30.0 Å². The van der Waals surface area contributed by atoms with Gasteiger partial charge in [0.15, 0.2) is 0 Å². The predicted molar refractivity (Wildman–Crippen MR) is 91.6 cm³/mol. The lowest BCUT2D eigenvalue weighted by molar-refractivity contribution is -0.116. The third-order valence-corrected chi connectivity index (χ3v) is 4.09. The molecule has 0 unspecified atom stereocenters. The lowest BCUT2D eigenvalue weighted by atomic mass is 9.97. The van der Waals surface area contributed by atoms with Crippen molar-refractivity contribution in [3.05, 3.63) is 47.3 Å². The summed E-state index contributed by atoms with van der Waals surface area (Å²) in [5.74, 6) is 0.170. The average Bonchev–Trinajstić information content (AvgIpc) is 2.86. The van der Waals surface area contributed by atoms with Gasteiger partial charge in [0.05, 0.1) is 18.2 Å². The summed E-state index contributed by atoms with van der Waals surface area (Å²) >= 11 is 0. The van der Waals surface area contributed by atoms with Gasteiger partial charge in [-0.2, -0.15) is 5.10 Å². The van der Waals surface area contributed by atoms with Crippen LogP contribution in [-0.4, -0.2) is 21.6 Å². The minimum atomic E-state index is -0.328. The Labute approximate surface area is 141 Å². The normalized spacial score (nSPS) is 16.7. The van der Waals surface area contributed by atoms with Gasteiger partial charge in [-0.15, -0.1) is 0 Å². The molecule has 1 aromatic carbocycles. The average molecular weight is 326 g/mol. The Bertz CT molecular complexity index is 779. The Morgan fingerprint density at radius 3 is 2.92 bits per heavy atom. The van der Waals surface area contributed by atoms with Crippen molar-refractivity contribution in [3.8, 4) is 0 Å². The van der Waals surface area contributed by atoms with Crippen LogP contribution in [0.1, 0.15) is 48.1 Å². The summed E-state index contributed by atoms with van der Waals surface area (Å²) in [7, 11) is 1.76. The zero-order valence-corrected chi connectivity index (χ0v) is 14.2. The first-order chi connectivity index (χ1) is 11.4. The quantitative estimate of drug-likeness (QED) is 0.906. The van der Waals surface area contributed by atoms with Gasteiger partial charge in [0.1, 0.15) is 5.69 Å². The minimum Gasteiger partial charge on any atom is -0.343 e. The summed E-state index contributed by atoms with van der Waals surface area (Å²) < 4.78 is 1.60. The monoisotopic (exact) mass is 326 g/mol. The fourth-order valence-corrected chi connectivity index (χ4v) is 3.03. The van der Waals surface area contributed by atoms with Crippen molar-refractivity contribution in [2.45, 2.75) is 32.7 Å². The summed E-state index contributed by atoms with van der Waals surface area (Å²) in [6, 6.07) is 9.03. The third-order valence-electron chi connectivity index (χ3n) is 4.09. The molecule has 0 radical (unpaired) electrons. The van der Waals surface area contributed by atoms with E-state index < -0.39 is 0 Å². The van der Waals surface area contributed by atoms with Crippen molar-refractivity contribution in [2.75, 3.05) is 5.32 Å². The molecule has 2 N–H and O–H groups in total. The van der Waals surface area contributed by atoms with E-state index in [1.54, 1.807) is 11.7 Å². The van der Waals surface area contributed by atoms with E-state index in [0.717, 1.165) is 23.4 Å². The highest BCUT2D eigenvalue weighted by Gasteiger charge is 2.27. The Morgan fingerprint density at radius 2 is 2.17 bits per heavy atom. The molecule has 3 rings (SSSR count). The minimum absolute atomic E-state index is 0.0931. The van der Waals surface area contributed by atoms with E-state index in [1.807, 2.05) is 30.3 Å². The summed E-state index contributed by atoms with van der Waals surface area (Å²) in [6.07, 6.45) is 1.06. The number of carbonyl (C=O) groups excluding carboxylic acids is 2. The van der Waals surface area contributed by atoms with Crippen molar-refractivity contribution < 1.29 is 9.59 Å². The second kappa shape index (κ2) is 6.47. The first-order valence-corrected chi connectivity index (χ1v) is 8.16. The number of rotatable bonds is 4. The molecule has 1 aromatic heterocycles. The maximum Gasteiger partial charge on any atom is 0.270 e. The van der Waals surface area contributed by atoms with E-state index in [2.05, 4.69) is 29.6 Å². The number of anilines is 1. The number of hydrogen-bond acceptors (Lipinski definition) is 3. The summed E-state index contributed by atoms with van der Waals surface area (Å²) in [4.78, 5) is 24.5. The van der Waals surface area contributed by atoms with Gasteiger partial charge in [0.2, 0.25) is 5.91 Å². The van der Waals surface area contributed by atoms with Gasteiger partial charge in [0, 0.05) is 12.7 Å². The Kier molecular flexibility index (Phi) is 4.38. The summed E-state index contributed by atoms with van der Waals surface area (Å²) in [5, 5.41) is 10.2. The highest BCUT2D eigenvalue weighted by atomic mass is 16.2. The summed E-state index contributed by atoms with van der Waals surface area (Å²) in [6.45, 7) is 4.23. The van der Waals surface area contributed by atoms with Crippen LogP contribution >= 0.6 is 0 Å². The number of aryl methyl sites for hydroxylation is 1. The van der Waals surface area contributed by atoms with Gasteiger partial charge in [-0.3, -0.25) is 14.3 Å². The van der Waals surface area contributed by atoms with Gasteiger partial charge in [0.25, 0.3) is 5.91 Å². The molecule has 1 aliphatic heterocycles. The maximum atomic E-state index is 12.6. The van der Waals surface area contributed by atoms with Crippen LogP contribution in [0, 0.1) is 5.92 Å². The van der Waals surface area contributed by atoms with Gasteiger partial charge >= 0.3 is 0 Å². The Hall–Kier alpha value is -2.63. The standard InChI is InChI=1S/C18H22N4O2/c1-11(2)8-12-9-16(22(3)21-12)18(24)20-15-10-17(23)19-14-7-5-4-6-13(14)15/h4-7,9,11,15H,8,10H2,1-3H3,(H,19,23)(H,20,24)/t15-/m1/s1. The molecule has 0 saturated heterocycles. The molecule has 126 valence electrons. The number of amides is 2.